The van der Waals surface area contributed by atoms with Crippen molar-refractivity contribution in [3.63, 3.8) is 0 Å². The molecule has 0 spiro atoms. The van der Waals surface area contributed by atoms with Gasteiger partial charge in [0.15, 0.2) is 5.15 Å². The number of rotatable bonds is 2. The van der Waals surface area contributed by atoms with Crippen LogP contribution in [0.4, 0.5) is 4.39 Å². The first-order valence-electron chi connectivity index (χ1n) is 4.27. The molecule has 0 unspecified atom stereocenters. The quantitative estimate of drug-likeness (QED) is 0.745. The summed E-state index contributed by atoms with van der Waals surface area (Å²) in [5.74, 6) is -0.763. The SMILES string of the molecule is O=c1[nH]c(Cl)c(F)c(=O)n1CC1CC1. The zero-order valence-electron chi connectivity index (χ0n) is 7.22. The first-order valence-corrected chi connectivity index (χ1v) is 4.65. The number of hydrogen-bond donors (Lipinski definition) is 1. The molecule has 1 N–H and O–H groups in total. The van der Waals surface area contributed by atoms with Gasteiger partial charge in [0, 0.05) is 6.54 Å². The van der Waals surface area contributed by atoms with Crippen molar-refractivity contribution in [3.8, 4) is 0 Å². The lowest BCUT2D eigenvalue weighted by molar-refractivity contribution is 0.517. The van der Waals surface area contributed by atoms with Gasteiger partial charge in [-0.3, -0.25) is 14.3 Å². The van der Waals surface area contributed by atoms with Gasteiger partial charge in [-0.1, -0.05) is 11.6 Å². The highest BCUT2D eigenvalue weighted by molar-refractivity contribution is 6.29. The van der Waals surface area contributed by atoms with Gasteiger partial charge < -0.3 is 0 Å². The summed E-state index contributed by atoms with van der Waals surface area (Å²) >= 11 is 5.30. The highest BCUT2D eigenvalue weighted by Crippen LogP contribution is 2.29. The smallest absolute Gasteiger partial charge is 0.295 e. The molecule has 0 radical (unpaired) electrons. The van der Waals surface area contributed by atoms with Crippen molar-refractivity contribution in [1.82, 2.24) is 9.55 Å². The van der Waals surface area contributed by atoms with Crippen LogP contribution in [0.1, 0.15) is 12.8 Å². The van der Waals surface area contributed by atoms with E-state index in [9.17, 15) is 14.0 Å². The van der Waals surface area contributed by atoms with Crippen LogP contribution in [0.2, 0.25) is 5.15 Å². The molecule has 0 saturated heterocycles. The Morgan fingerprint density at radius 1 is 1.50 bits per heavy atom. The molecular formula is C8H8ClFN2O2. The number of nitrogens with one attached hydrogen (secondary N) is 1. The maximum atomic E-state index is 13.0. The summed E-state index contributed by atoms with van der Waals surface area (Å²) in [4.78, 5) is 24.6. The van der Waals surface area contributed by atoms with Crippen LogP contribution in [0.3, 0.4) is 0 Å². The van der Waals surface area contributed by atoms with E-state index in [4.69, 9.17) is 11.6 Å². The number of aromatic amines is 1. The lowest BCUT2D eigenvalue weighted by atomic mass is 10.4. The molecule has 76 valence electrons. The summed E-state index contributed by atoms with van der Waals surface area (Å²) in [7, 11) is 0. The molecule has 1 aliphatic rings. The molecule has 0 amide bonds. The first kappa shape index (κ1) is 9.45. The zero-order valence-corrected chi connectivity index (χ0v) is 7.97. The summed E-state index contributed by atoms with van der Waals surface area (Å²) in [6.07, 6.45) is 1.96. The number of aromatic nitrogens is 2. The Morgan fingerprint density at radius 2 is 2.14 bits per heavy atom. The molecule has 1 aromatic heterocycles. The lowest BCUT2D eigenvalue weighted by Crippen LogP contribution is -2.37. The predicted octanol–water partition coefficient (Wildman–Crippen LogP) is 0.739. The first-order chi connectivity index (χ1) is 6.59. The Bertz CT molecular complexity index is 475. The van der Waals surface area contributed by atoms with Crippen molar-refractivity contribution in [3.05, 3.63) is 31.8 Å². The highest BCUT2D eigenvalue weighted by atomic mass is 35.5. The number of hydrogen-bond acceptors (Lipinski definition) is 2. The molecule has 4 nitrogen and oxygen atoms in total. The molecular weight excluding hydrogens is 211 g/mol. The van der Waals surface area contributed by atoms with E-state index in [0.29, 0.717) is 5.92 Å². The van der Waals surface area contributed by atoms with Crippen LogP contribution in [-0.4, -0.2) is 9.55 Å². The van der Waals surface area contributed by atoms with E-state index in [1.165, 1.54) is 0 Å². The van der Waals surface area contributed by atoms with Crippen LogP contribution >= 0.6 is 11.6 Å². The van der Waals surface area contributed by atoms with Crippen molar-refractivity contribution in [2.24, 2.45) is 5.92 Å². The number of halogens is 2. The van der Waals surface area contributed by atoms with Crippen molar-refractivity contribution in [1.29, 1.82) is 0 Å². The van der Waals surface area contributed by atoms with E-state index in [0.717, 1.165) is 17.4 Å². The van der Waals surface area contributed by atoms with Crippen molar-refractivity contribution in [2.45, 2.75) is 19.4 Å². The second-order valence-electron chi connectivity index (χ2n) is 3.42. The fourth-order valence-corrected chi connectivity index (χ4v) is 1.41. The fraction of sp³-hybridized carbons (Fsp3) is 0.500. The van der Waals surface area contributed by atoms with Crippen LogP contribution in [0.15, 0.2) is 9.59 Å². The van der Waals surface area contributed by atoms with Crippen LogP contribution in [0.25, 0.3) is 0 Å². The normalized spacial score (nSPS) is 15.9. The molecule has 0 aliphatic heterocycles. The third-order valence-electron chi connectivity index (χ3n) is 2.23. The Kier molecular flexibility index (Phi) is 2.19. The maximum absolute atomic E-state index is 13.0. The van der Waals surface area contributed by atoms with Gasteiger partial charge in [-0.25, -0.2) is 4.79 Å². The molecule has 1 aliphatic carbocycles. The molecule has 1 heterocycles. The summed E-state index contributed by atoms with van der Waals surface area (Å²) in [5.41, 5.74) is -1.58. The molecule has 0 atom stereocenters. The number of nitrogens with zero attached hydrogens (tertiary/aromatic N) is 1. The highest BCUT2D eigenvalue weighted by Gasteiger charge is 2.24. The van der Waals surface area contributed by atoms with Crippen molar-refractivity contribution >= 4 is 11.6 Å². The standard InChI is InChI=1S/C8H8ClFN2O2/c9-6-5(10)7(13)12(8(14)11-6)3-4-1-2-4/h4H,1-3H2,(H,11,14). The molecule has 14 heavy (non-hydrogen) atoms. The van der Waals surface area contributed by atoms with Crippen molar-refractivity contribution in [2.75, 3.05) is 0 Å². The second kappa shape index (κ2) is 3.24. The van der Waals surface area contributed by atoms with Gasteiger partial charge >= 0.3 is 5.69 Å². The Balaban J connectivity index is 2.52. The van der Waals surface area contributed by atoms with Crippen LogP contribution in [0.5, 0.6) is 0 Å². The molecule has 0 bridgehead atoms. The van der Waals surface area contributed by atoms with E-state index in [-0.39, 0.29) is 6.54 Å². The van der Waals surface area contributed by atoms with Crippen molar-refractivity contribution < 1.29 is 4.39 Å². The van der Waals surface area contributed by atoms with Crippen LogP contribution in [-0.2, 0) is 6.54 Å². The van der Waals surface area contributed by atoms with Gasteiger partial charge in [-0.15, -0.1) is 0 Å². The van der Waals surface area contributed by atoms with E-state index >= 15 is 0 Å². The molecule has 6 heteroatoms. The minimum atomic E-state index is -1.09. The summed E-state index contributed by atoms with van der Waals surface area (Å²) in [6, 6.07) is 0. The second-order valence-corrected chi connectivity index (χ2v) is 3.80. The monoisotopic (exact) mass is 218 g/mol. The average Bonchev–Trinajstić information content (AvgIpc) is 2.92. The fourth-order valence-electron chi connectivity index (χ4n) is 1.25. The largest absolute Gasteiger partial charge is 0.329 e. The van der Waals surface area contributed by atoms with Gasteiger partial charge in [0.05, 0.1) is 0 Å². The zero-order chi connectivity index (χ0) is 10.3. The topological polar surface area (TPSA) is 54.9 Å². The predicted molar refractivity (Wildman–Crippen MR) is 49.0 cm³/mol. The third-order valence-corrected chi connectivity index (χ3v) is 2.49. The summed E-state index contributed by atoms with van der Waals surface area (Å²) < 4.78 is 13.9. The van der Waals surface area contributed by atoms with Gasteiger partial charge in [0.1, 0.15) is 0 Å². The maximum Gasteiger partial charge on any atom is 0.329 e. The average molecular weight is 219 g/mol. The van der Waals surface area contributed by atoms with Gasteiger partial charge in [-0.05, 0) is 18.8 Å². The van der Waals surface area contributed by atoms with Gasteiger partial charge in [-0.2, -0.15) is 4.39 Å². The Morgan fingerprint density at radius 3 is 2.71 bits per heavy atom. The van der Waals surface area contributed by atoms with E-state index in [1.807, 2.05) is 0 Å². The summed E-state index contributed by atoms with van der Waals surface area (Å²) in [6.45, 7) is 0.280. The van der Waals surface area contributed by atoms with Gasteiger partial charge in [0.2, 0.25) is 5.82 Å². The lowest BCUT2D eigenvalue weighted by Gasteiger charge is -2.02. The molecule has 2 rings (SSSR count). The minimum absolute atomic E-state index is 0.280. The van der Waals surface area contributed by atoms with E-state index < -0.39 is 22.2 Å². The minimum Gasteiger partial charge on any atom is -0.295 e. The third kappa shape index (κ3) is 1.59. The van der Waals surface area contributed by atoms with Crippen LogP contribution < -0.4 is 11.2 Å². The van der Waals surface area contributed by atoms with E-state index in [2.05, 4.69) is 4.98 Å². The van der Waals surface area contributed by atoms with Gasteiger partial charge in [0.25, 0.3) is 5.56 Å². The molecule has 1 fully saturated rings. The number of H-pyrrole nitrogens is 1. The molecule has 1 aromatic rings. The van der Waals surface area contributed by atoms with Crippen LogP contribution in [0, 0.1) is 11.7 Å². The molecule has 0 aromatic carbocycles. The summed E-state index contributed by atoms with van der Waals surface area (Å²) in [5, 5.41) is -0.521. The van der Waals surface area contributed by atoms with E-state index in [1.54, 1.807) is 0 Å². The Hall–Kier alpha value is -1.10. The molecule has 1 saturated carbocycles. The Labute approximate surface area is 83.3 Å².